The van der Waals surface area contributed by atoms with Crippen molar-refractivity contribution in [3.63, 3.8) is 0 Å². The topological polar surface area (TPSA) is 34.7 Å². The maximum absolute atomic E-state index is 5.27. The molecule has 0 aliphatic heterocycles. The van der Waals surface area contributed by atoms with Gasteiger partial charge in [-0.2, -0.15) is 0 Å². The van der Waals surface area contributed by atoms with E-state index in [-0.39, 0.29) is 12.4 Å². The summed E-state index contributed by atoms with van der Waals surface area (Å²) in [6, 6.07) is 16.6. The smallest absolute Gasteiger partial charge is 0.215 e. The Morgan fingerprint density at radius 2 is 1.64 bits per heavy atom. The van der Waals surface area contributed by atoms with Crippen molar-refractivity contribution in [1.82, 2.24) is 18.9 Å². The van der Waals surface area contributed by atoms with Crippen molar-refractivity contribution in [3.05, 3.63) is 54.7 Å². The molecule has 2 heterocycles. The van der Waals surface area contributed by atoms with E-state index in [0.29, 0.717) is 0 Å². The first-order chi connectivity index (χ1) is 13.2. The van der Waals surface area contributed by atoms with E-state index in [9.17, 15) is 0 Å². The van der Waals surface area contributed by atoms with Crippen LogP contribution in [0.3, 0.4) is 0 Å². The Balaban J connectivity index is 0.00000225. The summed E-state index contributed by atoms with van der Waals surface area (Å²) in [6.45, 7) is 8.51. The third-order valence-corrected chi connectivity index (χ3v) is 5.28. The maximum Gasteiger partial charge on any atom is 0.215 e. The lowest BCUT2D eigenvalue weighted by atomic mass is 10.2. The molecular weight excluding hydrogens is 372 g/mol. The van der Waals surface area contributed by atoms with Gasteiger partial charge in [-0.3, -0.25) is 4.40 Å². The molecule has 148 valence electrons. The van der Waals surface area contributed by atoms with Crippen molar-refractivity contribution in [2.24, 2.45) is 0 Å². The van der Waals surface area contributed by atoms with Crippen LogP contribution in [0.25, 0.3) is 28.1 Å². The van der Waals surface area contributed by atoms with Crippen molar-refractivity contribution < 1.29 is 4.74 Å². The summed E-state index contributed by atoms with van der Waals surface area (Å²) in [5, 5.41) is 0. The number of fused-ring (bicyclic) bond motifs is 3. The lowest BCUT2D eigenvalue weighted by Crippen LogP contribution is -2.27. The molecule has 5 nitrogen and oxygen atoms in total. The van der Waals surface area contributed by atoms with Crippen molar-refractivity contribution in [2.45, 2.75) is 20.4 Å². The second kappa shape index (κ2) is 8.67. The predicted octanol–water partition coefficient (Wildman–Crippen LogP) is 4.73. The molecule has 0 atom stereocenters. The number of ether oxygens (including phenoxy) is 1. The highest BCUT2D eigenvalue weighted by Gasteiger charge is 2.15. The van der Waals surface area contributed by atoms with Crippen molar-refractivity contribution >= 4 is 29.2 Å². The predicted molar refractivity (Wildman–Crippen MR) is 118 cm³/mol. The number of hydrogen-bond acceptors (Lipinski definition) is 3. The number of benzene rings is 2. The van der Waals surface area contributed by atoms with Crippen LogP contribution in [-0.4, -0.2) is 45.6 Å². The van der Waals surface area contributed by atoms with Crippen LogP contribution in [0.4, 0.5) is 0 Å². The van der Waals surface area contributed by atoms with E-state index in [2.05, 4.69) is 70.3 Å². The van der Waals surface area contributed by atoms with Gasteiger partial charge in [0.2, 0.25) is 5.78 Å². The summed E-state index contributed by atoms with van der Waals surface area (Å²) in [5.74, 6) is 1.85. The van der Waals surface area contributed by atoms with Gasteiger partial charge in [0.1, 0.15) is 5.75 Å². The quantitative estimate of drug-likeness (QED) is 0.451. The molecule has 6 heteroatoms. The van der Waals surface area contributed by atoms with Crippen molar-refractivity contribution in [2.75, 3.05) is 26.7 Å². The molecule has 0 aliphatic carbocycles. The Labute approximate surface area is 172 Å². The molecule has 0 spiro atoms. The minimum atomic E-state index is 0. The number of rotatable bonds is 7. The van der Waals surface area contributed by atoms with Gasteiger partial charge in [0.25, 0.3) is 0 Å². The Bertz CT molecular complexity index is 1050. The number of methoxy groups -OCH3 is 1. The zero-order valence-corrected chi connectivity index (χ0v) is 17.4. The minimum Gasteiger partial charge on any atom is -0.497 e. The molecule has 0 saturated carbocycles. The normalized spacial score (nSPS) is 11.3. The number of halogens is 1. The highest BCUT2D eigenvalue weighted by atomic mass is 35.5. The van der Waals surface area contributed by atoms with E-state index in [4.69, 9.17) is 9.72 Å². The largest absolute Gasteiger partial charge is 0.497 e. The molecule has 2 aromatic carbocycles. The number of likely N-dealkylation sites (N-methyl/N-ethyl adjacent to an activating group) is 1. The number of aromatic nitrogens is 3. The van der Waals surface area contributed by atoms with Gasteiger partial charge in [0.05, 0.1) is 23.8 Å². The van der Waals surface area contributed by atoms with Crippen LogP contribution in [0.2, 0.25) is 0 Å². The molecule has 4 rings (SSSR count). The second-order valence-electron chi connectivity index (χ2n) is 6.69. The number of imidazole rings is 2. The van der Waals surface area contributed by atoms with Crippen LogP contribution in [0, 0.1) is 0 Å². The molecule has 0 unspecified atom stereocenters. The Morgan fingerprint density at radius 1 is 0.964 bits per heavy atom. The molecule has 2 aromatic heterocycles. The molecule has 0 N–H and O–H groups in total. The standard InChI is InChI=1S/C22H26N4O.ClH/c1-4-24(5-2)14-15-25-20-8-6-7-9-21(20)26-16-19(23-22(25)26)17-10-12-18(27-3)13-11-17;/h6-13,16H,4-5,14-15H2,1-3H3;1H. The van der Waals surface area contributed by atoms with Crippen molar-refractivity contribution in [3.8, 4) is 17.0 Å². The summed E-state index contributed by atoms with van der Waals surface area (Å²) in [4.78, 5) is 7.41. The highest BCUT2D eigenvalue weighted by molar-refractivity contribution is 5.85. The van der Waals surface area contributed by atoms with Gasteiger partial charge in [-0.15, -0.1) is 12.4 Å². The van der Waals surface area contributed by atoms with Gasteiger partial charge in [-0.1, -0.05) is 26.0 Å². The van der Waals surface area contributed by atoms with E-state index in [0.717, 1.165) is 49.0 Å². The SMILES string of the molecule is CCN(CC)CCn1c2ccccc2n2cc(-c3ccc(OC)cc3)nc12.Cl. The minimum absolute atomic E-state index is 0. The van der Waals surface area contributed by atoms with Crippen molar-refractivity contribution in [1.29, 1.82) is 0 Å². The van der Waals surface area contributed by atoms with Gasteiger partial charge in [-0.05, 0) is 49.5 Å². The summed E-state index contributed by atoms with van der Waals surface area (Å²) in [6.07, 6.45) is 2.13. The summed E-state index contributed by atoms with van der Waals surface area (Å²) in [5.41, 5.74) is 4.50. The molecule has 0 aliphatic rings. The van der Waals surface area contributed by atoms with E-state index < -0.39 is 0 Å². The fourth-order valence-electron chi connectivity index (χ4n) is 3.64. The lowest BCUT2D eigenvalue weighted by molar-refractivity contribution is 0.293. The molecular formula is C22H27ClN4O. The molecule has 0 bridgehead atoms. The van der Waals surface area contributed by atoms with E-state index in [1.54, 1.807) is 7.11 Å². The Morgan fingerprint density at radius 3 is 2.29 bits per heavy atom. The fraction of sp³-hybridized carbons (Fsp3) is 0.318. The zero-order chi connectivity index (χ0) is 18.8. The third-order valence-electron chi connectivity index (χ3n) is 5.28. The molecule has 28 heavy (non-hydrogen) atoms. The summed E-state index contributed by atoms with van der Waals surface area (Å²) >= 11 is 0. The lowest BCUT2D eigenvalue weighted by Gasteiger charge is -2.18. The average molecular weight is 399 g/mol. The molecule has 0 radical (unpaired) electrons. The van der Waals surface area contributed by atoms with E-state index >= 15 is 0 Å². The Hall–Kier alpha value is -2.50. The monoisotopic (exact) mass is 398 g/mol. The average Bonchev–Trinajstić information content (AvgIpc) is 3.27. The van der Waals surface area contributed by atoms with Crippen LogP contribution >= 0.6 is 12.4 Å². The highest BCUT2D eigenvalue weighted by Crippen LogP contribution is 2.26. The molecule has 0 fully saturated rings. The van der Waals surface area contributed by atoms with E-state index in [1.807, 2.05) is 12.1 Å². The zero-order valence-electron chi connectivity index (χ0n) is 16.6. The molecule has 0 saturated heterocycles. The fourth-order valence-corrected chi connectivity index (χ4v) is 3.64. The summed E-state index contributed by atoms with van der Waals surface area (Å²) < 4.78 is 9.81. The number of nitrogens with zero attached hydrogens (tertiary/aromatic N) is 4. The van der Waals surface area contributed by atoms with Gasteiger partial charge in [0.15, 0.2) is 0 Å². The van der Waals surface area contributed by atoms with E-state index in [1.165, 1.54) is 11.0 Å². The van der Waals surface area contributed by atoms with Crippen LogP contribution < -0.4 is 4.74 Å². The first kappa shape index (κ1) is 20.2. The van der Waals surface area contributed by atoms with Crippen LogP contribution in [-0.2, 0) is 6.54 Å². The van der Waals surface area contributed by atoms with Crippen LogP contribution in [0.5, 0.6) is 5.75 Å². The first-order valence-corrected chi connectivity index (χ1v) is 9.58. The Kier molecular flexibility index (Phi) is 6.27. The number of para-hydroxylation sites is 2. The van der Waals surface area contributed by atoms with Gasteiger partial charge >= 0.3 is 0 Å². The summed E-state index contributed by atoms with van der Waals surface area (Å²) in [7, 11) is 1.69. The molecule has 4 aromatic rings. The number of hydrogen-bond donors (Lipinski definition) is 0. The van der Waals surface area contributed by atoms with Gasteiger partial charge < -0.3 is 14.2 Å². The molecule has 0 amide bonds. The van der Waals surface area contributed by atoms with Crippen LogP contribution in [0.15, 0.2) is 54.7 Å². The van der Waals surface area contributed by atoms with Crippen LogP contribution in [0.1, 0.15) is 13.8 Å². The first-order valence-electron chi connectivity index (χ1n) is 9.58. The van der Waals surface area contributed by atoms with Gasteiger partial charge in [0, 0.05) is 24.8 Å². The van der Waals surface area contributed by atoms with Gasteiger partial charge in [-0.25, -0.2) is 4.98 Å². The third kappa shape index (κ3) is 3.60. The second-order valence-corrected chi connectivity index (χ2v) is 6.69. The maximum atomic E-state index is 5.27.